The zero-order valence-electron chi connectivity index (χ0n) is 28.0. The van der Waals surface area contributed by atoms with Gasteiger partial charge in [0.1, 0.15) is 5.01 Å². The Kier molecular flexibility index (Phi) is 7.05. The lowest BCUT2D eigenvalue weighted by Gasteiger charge is -2.10. The lowest BCUT2D eigenvalue weighted by molar-refractivity contribution is 1.08. The highest BCUT2D eigenvalue weighted by Crippen LogP contribution is 2.42. The summed E-state index contributed by atoms with van der Waals surface area (Å²) in [5.41, 5.74) is 7.44. The van der Waals surface area contributed by atoms with E-state index in [4.69, 9.17) is 19.9 Å². The second-order valence-corrected chi connectivity index (χ2v) is 16.2. The Labute approximate surface area is 316 Å². The molecule has 0 N–H and O–H groups in total. The van der Waals surface area contributed by atoms with Gasteiger partial charge in [0.25, 0.3) is 0 Å². The molecule has 248 valence electrons. The smallest absolute Gasteiger partial charge is 0.164 e. The number of fused-ring (bicyclic) bond motifs is 7. The lowest BCUT2D eigenvalue weighted by Crippen LogP contribution is -2.00. The van der Waals surface area contributed by atoms with Gasteiger partial charge in [0.2, 0.25) is 0 Å². The maximum absolute atomic E-state index is 5.21. The number of rotatable bonds is 5. The van der Waals surface area contributed by atoms with E-state index in [1.807, 2.05) is 24.3 Å². The molecule has 4 aromatic heterocycles. The predicted octanol–water partition coefficient (Wildman–Crippen LogP) is 13.6. The third-order valence-electron chi connectivity index (χ3n) is 9.80. The summed E-state index contributed by atoms with van der Waals surface area (Å²) in [6.45, 7) is 0. The molecule has 0 saturated carbocycles. The van der Waals surface area contributed by atoms with E-state index in [0.717, 1.165) is 38.2 Å². The van der Waals surface area contributed by atoms with Gasteiger partial charge in [-0.05, 0) is 53.6 Å². The maximum atomic E-state index is 5.21. The normalized spacial score (nSPS) is 11.8. The molecule has 0 bridgehead atoms. The predicted molar refractivity (Wildman–Crippen MR) is 226 cm³/mol. The highest BCUT2D eigenvalue weighted by atomic mass is 32.1. The first kappa shape index (κ1) is 30.5. The van der Waals surface area contributed by atoms with E-state index in [9.17, 15) is 0 Å². The summed E-state index contributed by atoms with van der Waals surface area (Å²) in [4.78, 5) is 20.3. The van der Waals surface area contributed by atoms with Crippen LogP contribution in [0.4, 0.5) is 0 Å². The van der Waals surface area contributed by atoms with E-state index >= 15 is 0 Å². The summed E-state index contributed by atoms with van der Waals surface area (Å²) >= 11 is 5.34. The van der Waals surface area contributed by atoms with Crippen LogP contribution >= 0.6 is 34.0 Å². The number of hydrogen-bond donors (Lipinski definition) is 0. The third kappa shape index (κ3) is 5.24. The number of nitrogens with zero attached hydrogens (tertiary/aromatic N) is 4. The number of thiazole rings is 1. The standard InChI is InChI=1S/C46H26N4S3/c1-2-9-28(10-3-1)43-48-44(31-21-23-33-32-11-4-6-14-37(32)52-41(33)26-31)50-45(49-43)34-12-8-16-40-42(34)35-25-30(22-24-38(35)51-40)27-17-19-29(20-18-27)46-47-36-13-5-7-15-39(36)53-46/h1-26H. The number of benzene rings is 7. The zero-order chi connectivity index (χ0) is 34.9. The minimum Gasteiger partial charge on any atom is -0.236 e. The van der Waals surface area contributed by atoms with E-state index in [0.29, 0.717) is 17.5 Å². The molecule has 4 nitrogen and oxygen atoms in total. The van der Waals surface area contributed by atoms with Crippen LogP contribution < -0.4 is 0 Å². The van der Waals surface area contributed by atoms with Gasteiger partial charge in [0.15, 0.2) is 17.5 Å². The molecule has 0 spiro atoms. The van der Waals surface area contributed by atoms with Crippen molar-refractivity contribution in [1.82, 2.24) is 19.9 Å². The second-order valence-electron chi connectivity index (χ2n) is 13.0. The Bertz CT molecular complexity index is 3140. The van der Waals surface area contributed by atoms with Crippen molar-refractivity contribution in [1.29, 1.82) is 0 Å². The second kappa shape index (κ2) is 12.2. The fraction of sp³-hybridized carbons (Fsp3) is 0. The largest absolute Gasteiger partial charge is 0.236 e. The van der Waals surface area contributed by atoms with Gasteiger partial charge in [-0.2, -0.15) is 0 Å². The van der Waals surface area contributed by atoms with Crippen LogP contribution in [-0.4, -0.2) is 19.9 Å². The molecule has 0 aliphatic rings. The monoisotopic (exact) mass is 730 g/mol. The first-order valence-electron chi connectivity index (χ1n) is 17.4. The molecule has 0 fully saturated rings. The van der Waals surface area contributed by atoms with Crippen molar-refractivity contribution in [3.63, 3.8) is 0 Å². The van der Waals surface area contributed by atoms with E-state index in [1.54, 1.807) is 34.0 Å². The summed E-state index contributed by atoms with van der Waals surface area (Å²) < 4.78 is 6.14. The molecule has 0 radical (unpaired) electrons. The van der Waals surface area contributed by atoms with E-state index in [2.05, 4.69) is 133 Å². The molecular formula is C46H26N4S3. The lowest BCUT2D eigenvalue weighted by atomic mass is 10.00. The maximum Gasteiger partial charge on any atom is 0.164 e. The summed E-state index contributed by atoms with van der Waals surface area (Å²) in [6.07, 6.45) is 0. The van der Waals surface area contributed by atoms with Crippen LogP contribution in [0.1, 0.15) is 0 Å². The Morgan fingerprint density at radius 1 is 0.321 bits per heavy atom. The average Bonchev–Trinajstić information content (AvgIpc) is 3.94. The van der Waals surface area contributed by atoms with Gasteiger partial charge in [-0.15, -0.1) is 34.0 Å². The van der Waals surface area contributed by atoms with Crippen molar-refractivity contribution >= 4 is 84.6 Å². The van der Waals surface area contributed by atoms with Crippen LogP contribution in [0.2, 0.25) is 0 Å². The molecule has 0 atom stereocenters. The molecule has 0 saturated heterocycles. The van der Waals surface area contributed by atoms with Crippen LogP contribution in [0.15, 0.2) is 158 Å². The molecule has 53 heavy (non-hydrogen) atoms. The number of para-hydroxylation sites is 1. The van der Waals surface area contributed by atoms with Crippen LogP contribution in [0.5, 0.6) is 0 Å². The van der Waals surface area contributed by atoms with Crippen LogP contribution in [0.25, 0.3) is 106 Å². The minimum atomic E-state index is 0.660. The van der Waals surface area contributed by atoms with Crippen molar-refractivity contribution in [2.24, 2.45) is 0 Å². The molecule has 4 heterocycles. The summed E-state index contributed by atoms with van der Waals surface area (Å²) in [5, 5.41) is 5.93. The first-order valence-corrected chi connectivity index (χ1v) is 19.8. The van der Waals surface area contributed by atoms with Crippen LogP contribution in [0.3, 0.4) is 0 Å². The van der Waals surface area contributed by atoms with Crippen LogP contribution in [0, 0.1) is 0 Å². The molecule has 0 unspecified atom stereocenters. The first-order chi connectivity index (χ1) is 26.2. The van der Waals surface area contributed by atoms with Crippen molar-refractivity contribution in [2.45, 2.75) is 0 Å². The van der Waals surface area contributed by atoms with E-state index in [-0.39, 0.29) is 0 Å². The number of aromatic nitrogens is 4. The van der Waals surface area contributed by atoms with Crippen molar-refractivity contribution in [3.05, 3.63) is 158 Å². The van der Waals surface area contributed by atoms with Gasteiger partial charge in [-0.3, -0.25) is 0 Å². The van der Waals surface area contributed by atoms with Gasteiger partial charge >= 0.3 is 0 Å². The summed E-state index contributed by atoms with van der Waals surface area (Å²) in [6, 6.07) is 55.7. The average molecular weight is 731 g/mol. The molecule has 11 aromatic rings. The molecule has 0 aliphatic heterocycles. The highest BCUT2D eigenvalue weighted by molar-refractivity contribution is 7.26. The number of thiophene rings is 2. The summed E-state index contributed by atoms with van der Waals surface area (Å²) in [5.74, 6) is 1.99. The van der Waals surface area contributed by atoms with Crippen molar-refractivity contribution in [2.75, 3.05) is 0 Å². The fourth-order valence-corrected chi connectivity index (χ4v) is 10.4. The molecule has 7 aromatic carbocycles. The molecule has 0 aliphatic carbocycles. The summed E-state index contributed by atoms with van der Waals surface area (Å²) in [7, 11) is 0. The zero-order valence-corrected chi connectivity index (χ0v) is 30.5. The number of hydrogen-bond acceptors (Lipinski definition) is 7. The van der Waals surface area contributed by atoms with Gasteiger partial charge in [0, 0.05) is 62.6 Å². The highest BCUT2D eigenvalue weighted by Gasteiger charge is 2.18. The van der Waals surface area contributed by atoms with Gasteiger partial charge < -0.3 is 0 Å². The van der Waals surface area contributed by atoms with E-state index in [1.165, 1.54) is 50.8 Å². The Hall–Kier alpha value is -6.12. The molecule has 0 amide bonds. The topological polar surface area (TPSA) is 51.6 Å². The SMILES string of the molecule is c1ccc(-c2nc(-c3ccc4c(c3)sc3ccccc34)nc(-c3cccc4sc5ccc(-c6ccc(-c7nc8ccccc8s7)cc6)cc5c34)n2)cc1. The van der Waals surface area contributed by atoms with Gasteiger partial charge in [0.05, 0.1) is 10.2 Å². The van der Waals surface area contributed by atoms with Crippen molar-refractivity contribution < 1.29 is 0 Å². The van der Waals surface area contributed by atoms with Crippen LogP contribution in [-0.2, 0) is 0 Å². The fourth-order valence-electron chi connectivity index (χ4n) is 7.20. The van der Waals surface area contributed by atoms with Crippen molar-refractivity contribution in [3.8, 4) is 55.9 Å². The molecule has 11 rings (SSSR count). The van der Waals surface area contributed by atoms with Gasteiger partial charge in [-0.1, -0.05) is 115 Å². The quantitative estimate of drug-likeness (QED) is 0.177. The Morgan fingerprint density at radius 2 is 0.962 bits per heavy atom. The third-order valence-corrected chi connectivity index (χ3v) is 13.2. The Balaban J connectivity index is 1.05. The Morgan fingerprint density at radius 3 is 1.83 bits per heavy atom. The molecular weight excluding hydrogens is 705 g/mol. The molecule has 7 heteroatoms. The van der Waals surface area contributed by atoms with Gasteiger partial charge in [-0.25, -0.2) is 19.9 Å². The van der Waals surface area contributed by atoms with E-state index < -0.39 is 0 Å². The minimum absolute atomic E-state index is 0.660.